The minimum absolute atomic E-state index is 0.0293. The van der Waals surface area contributed by atoms with Gasteiger partial charge in [-0.2, -0.15) is 0 Å². The molecule has 1 saturated heterocycles. The van der Waals surface area contributed by atoms with E-state index < -0.39 is 0 Å². The van der Waals surface area contributed by atoms with Crippen molar-refractivity contribution in [2.75, 3.05) is 37.1 Å². The average molecular weight is 423 g/mol. The number of likely N-dealkylation sites (tertiary alicyclic amines) is 1. The molecule has 0 radical (unpaired) electrons. The molecule has 0 aliphatic carbocycles. The first-order valence-corrected chi connectivity index (χ1v) is 10.3. The number of ketones is 1. The van der Waals surface area contributed by atoms with E-state index in [0.717, 1.165) is 0 Å². The number of hydrogen-bond donors (Lipinski definition) is 2. The number of Topliss-reactive ketones (excluding diaryl/α,β-unsaturated/α-hetero) is 1. The molecule has 2 aromatic rings. The summed E-state index contributed by atoms with van der Waals surface area (Å²) in [6.07, 6.45) is 1.35. The molecular formula is C23H25N3O5. The van der Waals surface area contributed by atoms with E-state index in [9.17, 15) is 14.4 Å². The van der Waals surface area contributed by atoms with Crippen molar-refractivity contribution in [3.63, 3.8) is 0 Å². The van der Waals surface area contributed by atoms with E-state index in [4.69, 9.17) is 9.47 Å². The Bertz CT molecular complexity index is 998. The summed E-state index contributed by atoms with van der Waals surface area (Å²) in [4.78, 5) is 38.8. The third-order valence-electron chi connectivity index (χ3n) is 5.55. The molecule has 2 aromatic carbocycles. The number of hydrogen-bond acceptors (Lipinski definition) is 6. The molecule has 2 aliphatic rings. The first-order valence-electron chi connectivity index (χ1n) is 10.3. The fourth-order valence-electron chi connectivity index (χ4n) is 3.86. The highest BCUT2D eigenvalue weighted by atomic mass is 16.7. The van der Waals surface area contributed by atoms with Crippen molar-refractivity contribution in [3.05, 3.63) is 48.0 Å². The van der Waals surface area contributed by atoms with E-state index in [1.165, 1.54) is 6.92 Å². The van der Waals surface area contributed by atoms with Gasteiger partial charge < -0.3 is 20.1 Å². The van der Waals surface area contributed by atoms with Crippen LogP contribution in [0, 0.1) is 5.92 Å². The Morgan fingerprint density at radius 3 is 2.52 bits per heavy atom. The van der Waals surface area contributed by atoms with Gasteiger partial charge in [0.25, 0.3) is 0 Å². The molecule has 31 heavy (non-hydrogen) atoms. The predicted molar refractivity (Wildman–Crippen MR) is 115 cm³/mol. The summed E-state index contributed by atoms with van der Waals surface area (Å²) in [7, 11) is 0. The summed E-state index contributed by atoms with van der Waals surface area (Å²) in [5.41, 5.74) is 1.70. The van der Waals surface area contributed by atoms with E-state index in [2.05, 4.69) is 10.6 Å². The third kappa shape index (κ3) is 5.03. The lowest BCUT2D eigenvalue weighted by atomic mass is 9.95. The second-order valence-electron chi connectivity index (χ2n) is 7.76. The Morgan fingerprint density at radius 2 is 1.74 bits per heavy atom. The summed E-state index contributed by atoms with van der Waals surface area (Å²) in [5, 5.41) is 5.77. The molecule has 4 rings (SSSR count). The second kappa shape index (κ2) is 9.18. The molecule has 2 aliphatic heterocycles. The average Bonchev–Trinajstić information content (AvgIpc) is 3.22. The molecule has 1 fully saturated rings. The number of fused-ring (bicyclic) bond motifs is 1. The van der Waals surface area contributed by atoms with Crippen molar-refractivity contribution in [3.8, 4) is 11.5 Å². The lowest BCUT2D eigenvalue weighted by Crippen LogP contribution is -2.41. The third-order valence-corrected chi connectivity index (χ3v) is 5.55. The SMILES string of the molecule is CC(=O)c1ccccc1NC(=O)CN1CCC(C(=O)Nc2ccc3c(c2)OCO3)CC1. The quantitative estimate of drug-likeness (QED) is 0.694. The van der Waals surface area contributed by atoms with E-state index in [1.54, 1.807) is 42.5 Å². The second-order valence-corrected chi connectivity index (χ2v) is 7.76. The van der Waals surface area contributed by atoms with Gasteiger partial charge in [0.05, 0.1) is 12.2 Å². The van der Waals surface area contributed by atoms with Crippen molar-refractivity contribution >= 4 is 29.0 Å². The zero-order valence-corrected chi connectivity index (χ0v) is 17.3. The van der Waals surface area contributed by atoms with Crippen LogP contribution in [0.25, 0.3) is 0 Å². The fourth-order valence-corrected chi connectivity index (χ4v) is 3.86. The maximum absolute atomic E-state index is 12.6. The van der Waals surface area contributed by atoms with Gasteiger partial charge in [-0.05, 0) is 57.1 Å². The van der Waals surface area contributed by atoms with Crippen molar-refractivity contribution in [2.24, 2.45) is 5.92 Å². The minimum atomic E-state index is -0.169. The van der Waals surface area contributed by atoms with E-state index in [1.807, 2.05) is 4.90 Å². The summed E-state index contributed by atoms with van der Waals surface area (Å²) < 4.78 is 10.6. The fraction of sp³-hybridized carbons (Fsp3) is 0.348. The lowest BCUT2D eigenvalue weighted by Gasteiger charge is -2.30. The van der Waals surface area contributed by atoms with Crippen LogP contribution in [0.1, 0.15) is 30.1 Å². The standard InChI is InChI=1S/C23H25N3O5/c1-15(27)18-4-2-3-5-19(18)25-22(28)13-26-10-8-16(9-11-26)23(29)24-17-6-7-20-21(12-17)31-14-30-20/h2-7,12,16H,8-11,13-14H2,1H3,(H,24,29)(H,25,28). The number of amides is 2. The largest absolute Gasteiger partial charge is 0.454 e. The van der Waals surface area contributed by atoms with Crippen LogP contribution < -0.4 is 20.1 Å². The molecule has 162 valence electrons. The molecule has 2 N–H and O–H groups in total. The zero-order chi connectivity index (χ0) is 21.8. The van der Waals surface area contributed by atoms with Crippen LogP contribution in [0.4, 0.5) is 11.4 Å². The van der Waals surface area contributed by atoms with Crippen molar-refractivity contribution in [1.29, 1.82) is 0 Å². The predicted octanol–water partition coefficient (Wildman–Crippen LogP) is 2.91. The van der Waals surface area contributed by atoms with Gasteiger partial charge >= 0.3 is 0 Å². The topological polar surface area (TPSA) is 97.0 Å². The van der Waals surface area contributed by atoms with Crippen LogP contribution in [0.3, 0.4) is 0 Å². The normalized spacial score (nSPS) is 16.0. The zero-order valence-electron chi connectivity index (χ0n) is 17.3. The maximum atomic E-state index is 12.6. The van der Waals surface area contributed by atoms with Gasteiger partial charge in [-0.15, -0.1) is 0 Å². The number of rotatable bonds is 6. The monoisotopic (exact) mass is 423 g/mol. The van der Waals surface area contributed by atoms with Gasteiger partial charge in [0.1, 0.15) is 0 Å². The Labute approximate surface area is 180 Å². The molecule has 0 atom stereocenters. The molecular weight excluding hydrogens is 398 g/mol. The Balaban J connectivity index is 1.25. The molecule has 8 heteroatoms. The molecule has 2 heterocycles. The van der Waals surface area contributed by atoms with Crippen LogP contribution in [0.15, 0.2) is 42.5 Å². The first-order chi connectivity index (χ1) is 15.0. The summed E-state index contributed by atoms with van der Waals surface area (Å²) in [6.45, 7) is 3.20. The summed E-state index contributed by atoms with van der Waals surface area (Å²) in [6, 6.07) is 12.3. The molecule has 0 saturated carbocycles. The first kappa shape index (κ1) is 20.9. The van der Waals surface area contributed by atoms with E-state index in [-0.39, 0.29) is 36.9 Å². The number of carbonyl (C=O) groups excluding carboxylic acids is 3. The molecule has 0 unspecified atom stereocenters. The van der Waals surface area contributed by atoms with Crippen LogP contribution in [-0.2, 0) is 9.59 Å². The van der Waals surface area contributed by atoms with Gasteiger partial charge in [-0.25, -0.2) is 0 Å². The number of carbonyl (C=O) groups is 3. The lowest BCUT2D eigenvalue weighted by molar-refractivity contribution is -0.121. The minimum Gasteiger partial charge on any atom is -0.454 e. The van der Waals surface area contributed by atoms with Crippen molar-refractivity contribution in [2.45, 2.75) is 19.8 Å². The molecule has 8 nitrogen and oxygen atoms in total. The Hall–Kier alpha value is -3.39. The number of nitrogens with zero attached hydrogens (tertiary/aromatic N) is 1. The van der Waals surface area contributed by atoms with Crippen LogP contribution in [0.2, 0.25) is 0 Å². The number of anilines is 2. The van der Waals surface area contributed by atoms with Crippen molar-refractivity contribution < 1.29 is 23.9 Å². The van der Waals surface area contributed by atoms with Crippen molar-refractivity contribution in [1.82, 2.24) is 4.90 Å². The Kier molecular flexibility index (Phi) is 6.18. The van der Waals surface area contributed by atoms with E-state index in [0.29, 0.717) is 54.4 Å². The number of nitrogens with one attached hydrogen (secondary N) is 2. The molecule has 2 amide bonds. The highest BCUT2D eigenvalue weighted by molar-refractivity contribution is 6.04. The van der Waals surface area contributed by atoms with Crippen LogP contribution in [-0.4, -0.2) is 48.9 Å². The number of ether oxygens (including phenoxy) is 2. The summed E-state index contributed by atoms with van der Waals surface area (Å²) in [5.74, 6) is 0.907. The smallest absolute Gasteiger partial charge is 0.238 e. The Morgan fingerprint density at radius 1 is 1.00 bits per heavy atom. The van der Waals surface area contributed by atoms with Crippen LogP contribution >= 0.6 is 0 Å². The highest BCUT2D eigenvalue weighted by Gasteiger charge is 2.26. The van der Waals surface area contributed by atoms with Crippen LogP contribution in [0.5, 0.6) is 11.5 Å². The van der Waals surface area contributed by atoms with Gasteiger partial charge in [0.15, 0.2) is 17.3 Å². The van der Waals surface area contributed by atoms with Gasteiger partial charge in [0.2, 0.25) is 18.6 Å². The summed E-state index contributed by atoms with van der Waals surface area (Å²) >= 11 is 0. The number of para-hydroxylation sites is 1. The molecule has 0 bridgehead atoms. The highest BCUT2D eigenvalue weighted by Crippen LogP contribution is 2.34. The molecule has 0 aromatic heterocycles. The maximum Gasteiger partial charge on any atom is 0.238 e. The number of benzene rings is 2. The van der Waals surface area contributed by atoms with Gasteiger partial charge in [-0.1, -0.05) is 12.1 Å². The molecule has 0 spiro atoms. The number of piperidine rings is 1. The van der Waals surface area contributed by atoms with Gasteiger partial charge in [0, 0.05) is 23.2 Å². The van der Waals surface area contributed by atoms with E-state index >= 15 is 0 Å². The van der Waals surface area contributed by atoms with Gasteiger partial charge in [-0.3, -0.25) is 19.3 Å².